The molecule has 1 aromatic rings. The van der Waals surface area contributed by atoms with Crippen LogP contribution in [0.2, 0.25) is 0 Å². The number of aromatic nitrogens is 1. The van der Waals surface area contributed by atoms with Crippen LogP contribution in [0.5, 0.6) is 0 Å². The lowest BCUT2D eigenvalue weighted by molar-refractivity contribution is -0.183. The minimum absolute atomic E-state index is 0.311. The first-order valence-electron chi connectivity index (χ1n) is 8.96. The second-order valence-electron chi connectivity index (χ2n) is 6.62. The SMILES string of the molecule is O=C(NCC(N1CCNCC1)C(F)(F)F)c1cccnc1N1CCCC1. The number of carbonyl (C=O) groups excluding carboxylic acids is 1. The Morgan fingerprint density at radius 2 is 1.92 bits per heavy atom. The molecule has 1 aromatic heterocycles. The van der Waals surface area contributed by atoms with E-state index < -0.39 is 24.7 Å². The molecule has 144 valence electrons. The highest BCUT2D eigenvalue weighted by molar-refractivity contribution is 5.98. The fraction of sp³-hybridized carbons (Fsp3) is 0.647. The molecule has 0 saturated carbocycles. The van der Waals surface area contributed by atoms with E-state index in [1.807, 2.05) is 4.90 Å². The molecule has 0 spiro atoms. The Morgan fingerprint density at radius 3 is 2.58 bits per heavy atom. The molecule has 0 radical (unpaired) electrons. The molecule has 9 heteroatoms. The zero-order valence-electron chi connectivity index (χ0n) is 14.6. The van der Waals surface area contributed by atoms with E-state index in [1.54, 1.807) is 18.3 Å². The molecule has 3 heterocycles. The predicted molar refractivity (Wildman–Crippen MR) is 92.3 cm³/mol. The molecule has 2 aliphatic heterocycles. The summed E-state index contributed by atoms with van der Waals surface area (Å²) in [6.07, 6.45) is -0.741. The Hall–Kier alpha value is -1.87. The van der Waals surface area contributed by atoms with Crippen molar-refractivity contribution in [2.45, 2.75) is 25.1 Å². The molecule has 2 N–H and O–H groups in total. The number of anilines is 1. The molecule has 6 nitrogen and oxygen atoms in total. The van der Waals surface area contributed by atoms with Gasteiger partial charge in [-0.1, -0.05) is 0 Å². The lowest BCUT2D eigenvalue weighted by atomic mass is 10.2. The standard InChI is InChI=1S/C17H24F3N5O/c18-17(19,20)14(24-10-6-21-7-11-24)12-23-16(26)13-4-3-5-22-15(13)25-8-1-2-9-25/h3-5,14,21H,1-2,6-12H2,(H,23,26). The average molecular weight is 371 g/mol. The highest BCUT2D eigenvalue weighted by atomic mass is 19.4. The quantitative estimate of drug-likeness (QED) is 0.816. The molecular formula is C17H24F3N5O. The van der Waals surface area contributed by atoms with Crippen LogP contribution in [-0.4, -0.2) is 73.8 Å². The van der Waals surface area contributed by atoms with Crippen LogP contribution >= 0.6 is 0 Å². The van der Waals surface area contributed by atoms with Gasteiger partial charge in [-0.15, -0.1) is 0 Å². The molecule has 2 aliphatic rings. The fourth-order valence-electron chi connectivity index (χ4n) is 3.49. The van der Waals surface area contributed by atoms with Gasteiger partial charge in [0.15, 0.2) is 0 Å². The maximum Gasteiger partial charge on any atom is 0.405 e. The number of piperazine rings is 1. The van der Waals surface area contributed by atoms with E-state index in [-0.39, 0.29) is 0 Å². The first-order valence-corrected chi connectivity index (χ1v) is 8.96. The minimum atomic E-state index is -4.39. The number of nitrogens with zero attached hydrogens (tertiary/aromatic N) is 3. The summed E-state index contributed by atoms with van der Waals surface area (Å²) in [6.45, 7) is 2.81. The van der Waals surface area contributed by atoms with Gasteiger partial charge in [-0.2, -0.15) is 13.2 Å². The largest absolute Gasteiger partial charge is 0.405 e. The number of hydrogen-bond acceptors (Lipinski definition) is 5. The third-order valence-corrected chi connectivity index (χ3v) is 4.86. The summed E-state index contributed by atoms with van der Waals surface area (Å²) in [4.78, 5) is 20.2. The highest BCUT2D eigenvalue weighted by Crippen LogP contribution is 2.25. The van der Waals surface area contributed by atoms with Gasteiger partial charge >= 0.3 is 6.18 Å². The van der Waals surface area contributed by atoms with Crippen LogP contribution in [0.3, 0.4) is 0 Å². The van der Waals surface area contributed by atoms with Crippen LogP contribution in [-0.2, 0) is 0 Å². The third kappa shape index (κ3) is 4.45. The van der Waals surface area contributed by atoms with Gasteiger partial charge in [0.1, 0.15) is 11.9 Å². The molecule has 1 unspecified atom stereocenters. The van der Waals surface area contributed by atoms with Crippen LogP contribution in [0.1, 0.15) is 23.2 Å². The van der Waals surface area contributed by atoms with Crippen molar-refractivity contribution in [3.63, 3.8) is 0 Å². The molecule has 2 saturated heterocycles. The number of hydrogen-bond donors (Lipinski definition) is 2. The van der Waals surface area contributed by atoms with Crippen molar-refractivity contribution in [2.75, 3.05) is 50.7 Å². The van der Waals surface area contributed by atoms with Crippen molar-refractivity contribution < 1.29 is 18.0 Å². The average Bonchev–Trinajstić information content (AvgIpc) is 3.16. The molecular weight excluding hydrogens is 347 g/mol. The number of alkyl halides is 3. The molecule has 1 amide bonds. The van der Waals surface area contributed by atoms with Crippen molar-refractivity contribution in [3.05, 3.63) is 23.9 Å². The van der Waals surface area contributed by atoms with Gasteiger partial charge in [0.25, 0.3) is 5.91 Å². The first-order chi connectivity index (χ1) is 12.5. The lowest BCUT2D eigenvalue weighted by Gasteiger charge is -2.36. The Balaban J connectivity index is 1.69. The number of pyridine rings is 1. The zero-order chi connectivity index (χ0) is 18.6. The van der Waals surface area contributed by atoms with Crippen LogP contribution < -0.4 is 15.5 Å². The van der Waals surface area contributed by atoms with E-state index >= 15 is 0 Å². The topological polar surface area (TPSA) is 60.5 Å². The molecule has 3 rings (SSSR count). The third-order valence-electron chi connectivity index (χ3n) is 4.86. The molecule has 1 atom stereocenters. The first kappa shape index (κ1) is 18.9. The summed E-state index contributed by atoms with van der Waals surface area (Å²) in [5, 5.41) is 5.52. The fourth-order valence-corrected chi connectivity index (χ4v) is 3.49. The summed E-state index contributed by atoms with van der Waals surface area (Å²) in [5.74, 6) is 0.0395. The molecule has 0 aliphatic carbocycles. The summed E-state index contributed by atoms with van der Waals surface area (Å²) in [6, 6.07) is 1.57. The monoisotopic (exact) mass is 371 g/mol. The van der Waals surface area contributed by atoms with E-state index in [0.717, 1.165) is 25.9 Å². The Labute approximate surface area is 150 Å². The number of rotatable bonds is 5. The van der Waals surface area contributed by atoms with Gasteiger partial charge < -0.3 is 15.5 Å². The van der Waals surface area contributed by atoms with E-state index in [4.69, 9.17) is 0 Å². The lowest BCUT2D eigenvalue weighted by Crippen LogP contribution is -2.57. The highest BCUT2D eigenvalue weighted by Gasteiger charge is 2.44. The normalized spacial score (nSPS) is 20.2. The molecule has 2 fully saturated rings. The number of halogens is 3. The Kier molecular flexibility index (Phi) is 5.98. The van der Waals surface area contributed by atoms with Crippen molar-refractivity contribution >= 4 is 11.7 Å². The van der Waals surface area contributed by atoms with Crippen molar-refractivity contribution in [1.82, 2.24) is 20.5 Å². The minimum Gasteiger partial charge on any atom is -0.356 e. The van der Waals surface area contributed by atoms with Gasteiger partial charge in [-0.3, -0.25) is 9.69 Å². The predicted octanol–water partition coefficient (Wildman–Crippen LogP) is 1.25. The Bertz CT molecular complexity index is 613. The molecule has 26 heavy (non-hydrogen) atoms. The summed E-state index contributed by atoms with van der Waals surface area (Å²) >= 11 is 0. The van der Waals surface area contributed by atoms with E-state index in [9.17, 15) is 18.0 Å². The van der Waals surface area contributed by atoms with Gasteiger partial charge in [0.2, 0.25) is 0 Å². The van der Waals surface area contributed by atoms with Crippen LogP contribution in [0.15, 0.2) is 18.3 Å². The van der Waals surface area contributed by atoms with Crippen LogP contribution in [0.4, 0.5) is 19.0 Å². The van der Waals surface area contributed by atoms with E-state index in [0.29, 0.717) is 37.6 Å². The van der Waals surface area contributed by atoms with Crippen molar-refractivity contribution in [2.24, 2.45) is 0 Å². The summed E-state index contributed by atoms with van der Waals surface area (Å²) in [7, 11) is 0. The van der Waals surface area contributed by atoms with Gasteiger partial charge in [-0.05, 0) is 25.0 Å². The van der Waals surface area contributed by atoms with E-state index in [2.05, 4.69) is 15.6 Å². The van der Waals surface area contributed by atoms with Gasteiger partial charge in [0, 0.05) is 52.0 Å². The van der Waals surface area contributed by atoms with Crippen LogP contribution in [0, 0.1) is 0 Å². The van der Waals surface area contributed by atoms with E-state index in [1.165, 1.54) is 4.90 Å². The van der Waals surface area contributed by atoms with Crippen LogP contribution in [0.25, 0.3) is 0 Å². The summed E-state index contributed by atoms with van der Waals surface area (Å²) < 4.78 is 40.3. The molecule has 0 bridgehead atoms. The Morgan fingerprint density at radius 1 is 1.23 bits per heavy atom. The van der Waals surface area contributed by atoms with Gasteiger partial charge in [0.05, 0.1) is 5.56 Å². The number of carbonyl (C=O) groups is 1. The molecule has 0 aromatic carbocycles. The smallest absolute Gasteiger partial charge is 0.356 e. The maximum atomic E-state index is 13.4. The maximum absolute atomic E-state index is 13.4. The van der Waals surface area contributed by atoms with Crippen molar-refractivity contribution in [3.8, 4) is 0 Å². The van der Waals surface area contributed by atoms with Gasteiger partial charge in [-0.25, -0.2) is 4.98 Å². The second kappa shape index (κ2) is 8.22. The summed E-state index contributed by atoms with van der Waals surface area (Å²) in [5.41, 5.74) is 0.329. The number of amides is 1. The number of nitrogens with one attached hydrogen (secondary N) is 2. The van der Waals surface area contributed by atoms with Crippen molar-refractivity contribution in [1.29, 1.82) is 0 Å². The zero-order valence-corrected chi connectivity index (χ0v) is 14.6. The second-order valence-corrected chi connectivity index (χ2v) is 6.62.